The summed E-state index contributed by atoms with van der Waals surface area (Å²) in [5, 5.41) is 6.26. The molecule has 0 bridgehead atoms. The number of halogens is 4. The van der Waals surface area contributed by atoms with E-state index in [1.54, 1.807) is 25.1 Å². The number of hydrogen-bond acceptors (Lipinski definition) is 4. The van der Waals surface area contributed by atoms with Crippen molar-refractivity contribution in [2.45, 2.75) is 39.0 Å². The Balaban J connectivity index is 1.79. The van der Waals surface area contributed by atoms with Gasteiger partial charge in [-0.15, -0.1) is 0 Å². The van der Waals surface area contributed by atoms with Gasteiger partial charge in [-0.2, -0.15) is 18.3 Å². The van der Waals surface area contributed by atoms with E-state index >= 15 is 0 Å². The number of amides is 1. The molecule has 0 aliphatic heterocycles. The van der Waals surface area contributed by atoms with Crippen molar-refractivity contribution in [3.8, 4) is 0 Å². The Morgan fingerprint density at radius 1 is 1.30 bits per heavy atom. The lowest BCUT2D eigenvalue weighted by atomic mass is 10.2. The number of para-hydroxylation sites is 2. The van der Waals surface area contributed by atoms with Crippen LogP contribution in [0, 0.1) is 6.92 Å². The summed E-state index contributed by atoms with van der Waals surface area (Å²) in [6.07, 6.45) is -4.61. The zero-order valence-electron chi connectivity index (χ0n) is 14.6. The first-order chi connectivity index (χ1) is 12.6. The van der Waals surface area contributed by atoms with Gasteiger partial charge in [0.1, 0.15) is 17.6 Å². The minimum absolute atomic E-state index is 0.179. The number of hydrogen-bond donors (Lipinski definition) is 1. The zero-order chi connectivity index (χ0) is 19.9. The molecular weight excluding hydrogens is 429 g/mol. The molecule has 0 aliphatic rings. The SMILES string of the molecule is Cc1c(Br)c(C(F)(F)F)nn1C(C)C(=O)NC(C)c1nc2ccccc2o1. The normalized spacial score (nSPS) is 14.3. The summed E-state index contributed by atoms with van der Waals surface area (Å²) in [6.45, 7) is 4.61. The lowest BCUT2D eigenvalue weighted by Gasteiger charge is -2.17. The molecule has 10 heteroatoms. The number of rotatable bonds is 4. The first-order valence-corrected chi connectivity index (χ1v) is 8.86. The summed E-state index contributed by atoms with van der Waals surface area (Å²) >= 11 is 2.90. The third-order valence-corrected chi connectivity index (χ3v) is 5.08. The Hall–Kier alpha value is -2.36. The second-order valence-corrected chi connectivity index (χ2v) is 6.91. The minimum atomic E-state index is -4.61. The maximum atomic E-state index is 13.0. The fourth-order valence-electron chi connectivity index (χ4n) is 2.64. The zero-order valence-corrected chi connectivity index (χ0v) is 16.2. The number of fused-ring (bicyclic) bond motifs is 1. The number of nitrogens with one attached hydrogen (secondary N) is 1. The van der Waals surface area contributed by atoms with Gasteiger partial charge in [0.15, 0.2) is 11.3 Å². The number of benzene rings is 1. The summed E-state index contributed by atoms with van der Waals surface area (Å²) in [4.78, 5) is 16.8. The van der Waals surface area contributed by atoms with Crippen LogP contribution >= 0.6 is 15.9 Å². The van der Waals surface area contributed by atoms with Crippen molar-refractivity contribution in [3.63, 3.8) is 0 Å². The fourth-order valence-corrected chi connectivity index (χ4v) is 3.12. The summed E-state index contributed by atoms with van der Waals surface area (Å²) in [5.74, 6) is -0.192. The highest BCUT2D eigenvalue weighted by molar-refractivity contribution is 9.10. The maximum Gasteiger partial charge on any atom is 0.436 e. The molecule has 0 radical (unpaired) electrons. The fraction of sp³-hybridized carbons (Fsp3) is 0.353. The topological polar surface area (TPSA) is 73.0 Å². The summed E-state index contributed by atoms with van der Waals surface area (Å²) in [5.41, 5.74) is 0.387. The van der Waals surface area contributed by atoms with Crippen LogP contribution in [-0.2, 0) is 11.0 Å². The van der Waals surface area contributed by atoms with E-state index in [-0.39, 0.29) is 10.2 Å². The Morgan fingerprint density at radius 2 is 1.96 bits per heavy atom. The van der Waals surface area contributed by atoms with E-state index in [9.17, 15) is 18.0 Å². The van der Waals surface area contributed by atoms with Gasteiger partial charge in [0.05, 0.1) is 10.2 Å². The van der Waals surface area contributed by atoms with E-state index in [1.807, 2.05) is 6.07 Å². The van der Waals surface area contributed by atoms with Crippen LogP contribution in [0.3, 0.4) is 0 Å². The number of carbonyl (C=O) groups is 1. The predicted octanol–water partition coefficient (Wildman–Crippen LogP) is 4.55. The molecule has 6 nitrogen and oxygen atoms in total. The molecule has 1 N–H and O–H groups in total. The summed E-state index contributed by atoms with van der Waals surface area (Å²) in [7, 11) is 0. The largest absolute Gasteiger partial charge is 0.438 e. The first-order valence-electron chi connectivity index (χ1n) is 8.07. The van der Waals surface area contributed by atoms with Crippen molar-refractivity contribution in [1.82, 2.24) is 20.1 Å². The van der Waals surface area contributed by atoms with Crippen LogP contribution in [0.25, 0.3) is 11.1 Å². The Bertz CT molecular complexity index is 963. The molecule has 144 valence electrons. The van der Waals surface area contributed by atoms with Gasteiger partial charge >= 0.3 is 6.18 Å². The Labute approximate surface area is 160 Å². The van der Waals surface area contributed by atoms with E-state index in [0.717, 1.165) is 4.68 Å². The quantitative estimate of drug-likeness (QED) is 0.640. The van der Waals surface area contributed by atoms with Crippen LogP contribution in [0.1, 0.15) is 43.2 Å². The molecule has 2 atom stereocenters. The molecule has 1 aromatic carbocycles. The predicted molar refractivity (Wildman–Crippen MR) is 94.9 cm³/mol. The van der Waals surface area contributed by atoms with Crippen LogP contribution in [0.5, 0.6) is 0 Å². The highest BCUT2D eigenvalue weighted by Crippen LogP contribution is 2.36. The molecule has 2 unspecified atom stereocenters. The van der Waals surface area contributed by atoms with Gasteiger partial charge in [0, 0.05) is 0 Å². The number of oxazole rings is 1. The molecule has 1 amide bonds. The molecular formula is C17H16BrF3N4O2. The van der Waals surface area contributed by atoms with Crippen LogP contribution < -0.4 is 5.32 Å². The van der Waals surface area contributed by atoms with Crippen molar-refractivity contribution >= 4 is 32.9 Å². The third kappa shape index (κ3) is 3.71. The minimum Gasteiger partial charge on any atom is -0.438 e. The standard InChI is InChI=1S/C17H16BrF3N4O2/c1-8(16-23-11-6-4-5-7-12(11)27-16)22-15(26)10(3)25-9(2)13(18)14(24-25)17(19,20)21/h4-8,10H,1-3H3,(H,22,26). The molecule has 3 aromatic rings. The Kier molecular flexibility index (Phi) is 5.02. The van der Waals surface area contributed by atoms with Crippen molar-refractivity contribution < 1.29 is 22.4 Å². The third-order valence-electron chi connectivity index (χ3n) is 4.13. The summed E-state index contributed by atoms with van der Waals surface area (Å²) < 4.78 is 45.5. The average Bonchev–Trinajstić information content (AvgIpc) is 3.16. The number of alkyl halides is 3. The second kappa shape index (κ2) is 6.99. The van der Waals surface area contributed by atoms with Crippen molar-refractivity contribution in [2.24, 2.45) is 0 Å². The van der Waals surface area contributed by atoms with E-state index < -0.39 is 29.9 Å². The molecule has 0 aliphatic carbocycles. The van der Waals surface area contributed by atoms with Gasteiger partial charge in [-0.05, 0) is 48.8 Å². The number of carbonyl (C=O) groups excluding carboxylic acids is 1. The first kappa shape index (κ1) is 19.4. The lowest BCUT2D eigenvalue weighted by Crippen LogP contribution is -2.34. The lowest BCUT2D eigenvalue weighted by molar-refractivity contribution is -0.142. The summed E-state index contributed by atoms with van der Waals surface area (Å²) in [6, 6.07) is 5.64. The average molecular weight is 445 g/mol. The highest BCUT2D eigenvalue weighted by atomic mass is 79.9. The molecule has 0 saturated heterocycles. The molecule has 3 rings (SSSR count). The molecule has 0 fully saturated rings. The van der Waals surface area contributed by atoms with E-state index in [2.05, 4.69) is 31.3 Å². The number of nitrogens with zero attached hydrogens (tertiary/aromatic N) is 3. The molecule has 27 heavy (non-hydrogen) atoms. The second-order valence-electron chi connectivity index (χ2n) is 6.12. The van der Waals surface area contributed by atoms with E-state index in [4.69, 9.17) is 4.42 Å². The van der Waals surface area contributed by atoms with Crippen molar-refractivity contribution in [1.29, 1.82) is 0 Å². The van der Waals surface area contributed by atoms with Crippen molar-refractivity contribution in [3.05, 3.63) is 46.0 Å². The number of aromatic nitrogens is 3. The Morgan fingerprint density at radius 3 is 2.56 bits per heavy atom. The van der Waals surface area contributed by atoms with E-state index in [0.29, 0.717) is 17.0 Å². The molecule has 2 aromatic heterocycles. The van der Waals surface area contributed by atoms with Crippen LogP contribution in [0.4, 0.5) is 13.2 Å². The van der Waals surface area contributed by atoms with Gasteiger partial charge in [0.25, 0.3) is 0 Å². The smallest absolute Gasteiger partial charge is 0.436 e. The molecule has 0 saturated carbocycles. The van der Waals surface area contributed by atoms with Crippen LogP contribution in [0.15, 0.2) is 33.2 Å². The van der Waals surface area contributed by atoms with Gasteiger partial charge < -0.3 is 9.73 Å². The monoisotopic (exact) mass is 444 g/mol. The van der Waals surface area contributed by atoms with Gasteiger partial charge in [-0.1, -0.05) is 12.1 Å². The van der Waals surface area contributed by atoms with Crippen LogP contribution in [-0.4, -0.2) is 20.7 Å². The van der Waals surface area contributed by atoms with Gasteiger partial charge in [-0.3, -0.25) is 9.48 Å². The van der Waals surface area contributed by atoms with E-state index in [1.165, 1.54) is 13.8 Å². The van der Waals surface area contributed by atoms with Gasteiger partial charge in [-0.25, -0.2) is 4.98 Å². The molecule has 0 spiro atoms. The maximum absolute atomic E-state index is 13.0. The van der Waals surface area contributed by atoms with Crippen LogP contribution in [0.2, 0.25) is 0 Å². The molecule has 2 heterocycles. The highest BCUT2D eigenvalue weighted by Gasteiger charge is 2.39. The van der Waals surface area contributed by atoms with Gasteiger partial charge in [0.2, 0.25) is 11.8 Å². The van der Waals surface area contributed by atoms with Crippen molar-refractivity contribution in [2.75, 3.05) is 0 Å².